The summed E-state index contributed by atoms with van der Waals surface area (Å²) in [5, 5.41) is 2.58. The third-order valence-electron chi connectivity index (χ3n) is 6.75. The first-order valence-corrected chi connectivity index (χ1v) is 11.3. The van der Waals surface area contributed by atoms with Gasteiger partial charge in [-0.3, -0.25) is 0 Å². The molecule has 1 unspecified atom stereocenters. The number of hydrogen-bond acceptors (Lipinski definition) is 1. The first kappa shape index (κ1) is 21.1. The van der Waals surface area contributed by atoms with Crippen LogP contribution in [0.25, 0.3) is 16.8 Å². The molecule has 1 aliphatic heterocycles. The van der Waals surface area contributed by atoms with E-state index >= 15 is 0 Å². The van der Waals surface area contributed by atoms with Gasteiger partial charge >= 0.3 is 0 Å². The summed E-state index contributed by atoms with van der Waals surface area (Å²) >= 11 is 0. The second-order valence-electron chi connectivity index (χ2n) is 8.58. The van der Waals surface area contributed by atoms with Crippen LogP contribution in [0.5, 0.6) is 0 Å². The van der Waals surface area contributed by atoms with Crippen LogP contribution in [-0.2, 0) is 5.41 Å². The lowest BCUT2D eigenvalue weighted by Crippen LogP contribution is -2.29. The number of benzene rings is 3. The Hall–Kier alpha value is -3.13. The maximum atomic E-state index is 4.06. The van der Waals surface area contributed by atoms with Crippen LogP contribution in [0.15, 0.2) is 79.4 Å². The van der Waals surface area contributed by atoms with Gasteiger partial charge in [0.05, 0.1) is 5.41 Å². The Morgan fingerprint density at radius 3 is 2.19 bits per heavy atom. The number of rotatable bonds is 7. The maximum absolute atomic E-state index is 4.06. The standard InChI is InChI=1S/C29H33N2/c1-6-19-29(4)26-20-23-11-9-10-12-24(23)21-27(26)30(5)28(29)18-15-22-13-16-25(17-14-22)31(7-2)8-3/h6,9-18,20-21H,1,7-8,19H2,2-5H3/q+1. The Kier molecular flexibility index (Phi) is 5.82. The van der Waals surface area contributed by atoms with Crippen molar-refractivity contribution in [3.63, 3.8) is 0 Å². The molecule has 0 aromatic heterocycles. The van der Waals surface area contributed by atoms with Crippen LogP contribution in [0.2, 0.25) is 0 Å². The Morgan fingerprint density at radius 2 is 1.58 bits per heavy atom. The molecule has 1 heterocycles. The largest absolute Gasteiger partial charge is 0.372 e. The topological polar surface area (TPSA) is 6.25 Å². The highest BCUT2D eigenvalue weighted by atomic mass is 15.1. The van der Waals surface area contributed by atoms with Crippen LogP contribution in [0.3, 0.4) is 0 Å². The highest BCUT2D eigenvalue weighted by molar-refractivity contribution is 6.07. The van der Waals surface area contributed by atoms with Crippen LogP contribution >= 0.6 is 0 Å². The van der Waals surface area contributed by atoms with Crippen LogP contribution in [0.4, 0.5) is 11.4 Å². The Labute approximate surface area is 186 Å². The molecule has 158 valence electrons. The van der Waals surface area contributed by atoms with Crippen molar-refractivity contribution in [3.05, 3.63) is 90.5 Å². The second-order valence-corrected chi connectivity index (χ2v) is 8.58. The molecule has 0 saturated heterocycles. The molecule has 0 aliphatic carbocycles. The zero-order valence-corrected chi connectivity index (χ0v) is 19.2. The minimum atomic E-state index is -0.0898. The average Bonchev–Trinajstić information content (AvgIpc) is 2.99. The average molecular weight is 410 g/mol. The van der Waals surface area contributed by atoms with Gasteiger partial charge in [-0.2, -0.15) is 4.58 Å². The predicted octanol–water partition coefficient (Wildman–Crippen LogP) is 6.96. The van der Waals surface area contributed by atoms with E-state index in [0.717, 1.165) is 19.5 Å². The van der Waals surface area contributed by atoms with Gasteiger partial charge in [0.15, 0.2) is 5.71 Å². The lowest BCUT2D eigenvalue weighted by Gasteiger charge is -2.21. The maximum Gasteiger partial charge on any atom is 0.210 e. The molecule has 0 saturated carbocycles. The van der Waals surface area contributed by atoms with Gasteiger partial charge in [0.25, 0.3) is 0 Å². The summed E-state index contributed by atoms with van der Waals surface area (Å²) in [6, 6.07) is 22.2. The zero-order chi connectivity index (χ0) is 22.0. The molecular weight excluding hydrogens is 376 g/mol. The lowest BCUT2D eigenvalue weighted by atomic mass is 9.76. The molecule has 2 nitrogen and oxygen atoms in total. The van der Waals surface area contributed by atoms with E-state index < -0.39 is 0 Å². The summed E-state index contributed by atoms with van der Waals surface area (Å²) in [7, 11) is 2.19. The summed E-state index contributed by atoms with van der Waals surface area (Å²) in [5.41, 5.74) is 6.39. The molecule has 0 spiro atoms. The van der Waals surface area contributed by atoms with E-state index in [2.05, 4.69) is 117 Å². The zero-order valence-electron chi connectivity index (χ0n) is 19.2. The van der Waals surface area contributed by atoms with Gasteiger partial charge in [-0.15, -0.1) is 6.58 Å². The fourth-order valence-corrected chi connectivity index (χ4v) is 4.94. The molecule has 1 aliphatic rings. The van der Waals surface area contributed by atoms with E-state index in [9.17, 15) is 0 Å². The first-order valence-electron chi connectivity index (χ1n) is 11.3. The summed E-state index contributed by atoms with van der Waals surface area (Å²) in [6.07, 6.45) is 7.49. The summed E-state index contributed by atoms with van der Waals surface area (Å²) in [4.78, 5) is 2.37. The van der Waals surface area contributed by atoms with Crippen LogP contribution in [0, 0.1) is 0 Å². The summed E-state index contributed by atoms with van der Waals surface area (Å²) in [5.74, 6) is 0. The van der Waals surface area contributed by atoms with Crippen LogP contribution < -0.4 is 4.90 Å². The molecule has 0 fully saturated rings. The van der Waals surface area contributed by atoms with E-state index in [1.165, 1.54) is 39.0 Å². The van der Waals surface area contributed by atoms with Crippen molar-refractivity contribution in [2.24, 2.45) is 0 Å². The minimum Gasteiger partial charge on any atom is -0.372 e. The van der Waals surface area contributed by atoms with Crippen molar-refractivity contribution in [2.75, 3.05) is 25.0 Å². The molecule has 1 atom stereocenters. The quantitative estimate of drug-likeness (QED) is 0.302. The monoisotopic (exact) mass is 409 g/mol. The Morgan fingerprint density at radius 1 is 0.935 bits per heavy atom. The van der Waals surface area contributed by atoms with Gasteiger partial charge in [-0.25, -0.2) is 0 Å². The number of fused-ring (bicyclic) bond motifs is 2. The first-order chi connectivity index (χ1) is 15.0. The molecule has 0 amide bonds. The van der Waals surface area contributed by atoms with Crippen LogP contribution in [-0.4, -0.2) is 30.4 Å². The fraction of sp³-hybridized carbons (Fsp3) is 0.276. The predicted molar refractivity (Wildman–Crippen MR) is 136 cm³/mol. The van der Waals surface area contributed by atoms with Crippen LogP contribution in [0.1, 0.15) is 38.3 Å². The normalized spacial score (nSPS) is 18.1. The highest BCUT2D eigenvalue weighted by Gasteiger charge is 2.45. The van der Waals surface area contributed by atoms with Crippen molar-refractivity contribution in [3.8, 4) is 0 Å². The molecule has 0 radical (unpaired) electrons. The van der Waals surface area contributed by atoms with E-state index in [1.807, 2.05) is 6.08 Å². The minimum absolute atomic E-state index is 0.0898. The molecule has 2 heteroatoms. The molecule has 0 bridgehead atoms. The highest BCUT2D eigenvalue weighted by Crippen LogP contribution is 2.44. The van der Waals surface area contributed by atoms with Crippen molar-refractivity contribution >= 4 is 33.9 Å². The van der Waals surface area contributed by atoms with Gasteiger partial charge in [0, 0.05) is 36.5 Å². The number of hydrogen-bond donors (Lipinski definition) is 0. The second kappa shape index (κ2) is 8.55. The van der Waals surface area contributed by atoms with Gasteiger partial charge in [0.1, 0.15) is 7.05 Å². The van der Waals surface area contributed by atoms with E-state index in [-0.39, 0.29) is 5.41 Å². The Balaban J connectivity index is 1.73. The fourth-order valence-electron chi connectivity index (χ4n) is 4.94. The SMILES string of the molecule is C=CCC1(C)C(/C=C/c2ccc(N(CC)CC)cc2)=[N+](C)c2cc3ccccc3cc21. The molecule has 3 aromatic carbocycles. The third kappa shape index (κ3) is 3.72. The third-order valence-corrected chi connectivity index (χ3v) is 6.75. The van der Waals surface area contributed by atoms with Gasteiger partial charge in [-0.1, -0.05) is 42.5 Å². The molecule has 0 N–H and O–H groups in total. The summed E-state index contributed by atoms with van der Waals surface area (Å²) < 4.78 is 2.35. The van der Waals surface area contributed by atoms with E-state index in [0.29, 0.717) is 0 Å². The molecule has 3 aromatic rings. The van der Waals surface area contributed by atoms with Gasteiger partial charge in [-0.05, 0) is 67.8 Å². The number of anilines is 1. The van der Waals surface area contributed by atoms with Crippen molar-refractivity contribution in [1.82, 2.24) is 0 Å². The van der Waals surface area contributed by atoms with Crippen molar-refractivity contribution < 1.29 is 4.58 Å². The molecule has 31 heavy (non-hydrogen) atoms. The lowest BCUT2D eigenvalue weighted by molar-refractivity contribution is -0.401. The molecule has 4 rings (SSSR count). The number of allylic oxidation sites excluding steroid dienone is 2. The summed E-state index contributed by atoms with van der Waals surface area (Å²) in [6.45, 7) is 12.9. The van der Waals surface area contributed by atoms with Gasteiger partial charge < -0.3 is 4.90 Å². The molecular formula is C29H33N2+. The number of nitrogens with zero attached hydrogens (tertiary/aromatic N) is 2. The Bertz CT molecular complexity index is 1160. The van der Waals surface area contributed by atoms with E-state index in [1.54, 1.807) is 0 Å². The van der Waals surface area contributed by atoms with Crippen molar-refractivity contribution in [2.45, 2.75) is 32.6 Å². The smallest absolute Gasteiger partial charge is 0.210 e. The van der Waals surface area contributed by atoms with Gasteiger partial charge in [0.2, 0.25) is 5.69 Å². The van der Waals surface area contributed by atoms with Crippen molar-refractivity contribution in [1.29, 1.82) is 0 Å². The van der Waals surface area contributed by atoms with E-state index in [4.69, 9.17) is 0 Å².